The van der Waals surface area contributed by atoms with E-state index in [0.717, 1.165) is 33.7 Å². The third kappa shape index (κ3) is 2.37. The first-order chi connectivity index (χ1) is 14.6. The fourth-order valence-electron chi connectivity index (χ4n) is 4.52. The molecule has 3 heterocycles. The molecule has 5 aromatic rings. The van der Waals surface area contributed by atoms with Crippen LogP contribution < -0.4 is 0 Å². The summed E-state index contributed by atoms with van der Waals surface area (Å²) in [4.78, 5) is 14.7. The Labute approximate surface area is 174 Å². The van der Waals surface area contributed by atoms with Crippen molar-refractivity contribution >= 4 is 27.9 Å². The van der Waals surface area contributed by atoms with Gasteiger partial charge < -0.3 is 0 Å². The van der Waals surface area contributed by atoms with Crippen LogP contribution in [0.2, 0.25) is 0 Å². The molecule has 0 spiro atoms. The second-order valence-corrected chi connectivity index (χ2v) is 8.27. The number of allylic oxidation sites excluding steroid dienone is 1. The monoisotopic (exact) mass is 388 g/mol. The topological polar surface area (TPSA) is 43.6 Å². The third-order valence-electron chi connectivity index (χ3n) is 5.91. The zero-order valence-corrected chi connectivity index (χ0v) is 16.9. The highest BCUT2D eigenvalue weighted by Crippen LogP contribution is 2.41. The van der Waals surface area contributed by atoms with Crippen LogP contribution in [0.25, 0.3) is 45.2 Å². The summed E-state index contributed by atoms with van der Waals surface area (Å²) in [6, 6.07) is 22.8. The number of hydrogen-bond donors (Lipinski definition) is 0. The van der Waals surface area contributed by atoms with Crippen molar-refractivity contribution in [3.05, 3.63) is 90.3 Å². The van der Waals surface area contributed by atoms with Gasteiger partial charge in [-0.3, -0.25) is 9.55 Å². The Balaban J connectivity index is 1.73. The van der Waals surface area contributed by atoms with Crippen molar-refractivity contribution in [3.8, 4) is 17.3 Å². The predicted octanol–water partition coefficient (Wildman–Crippen LogP) is 5.94. The Morgan fingerprint density at radius 2 is 1.43 bits per heavy atom. The summed E-state index contributed by atoms with van der Waals surface area (Å²) < 4.78 is 2.16. The van der Waals surface area contributed by atoms with Crippen molar-refractivity contribution < 1.29 is 0 Å². The predicted molar refractivity (Wildman–Crippen MR) is 122 cm³/mol. The van der Waals surface area contributed by atoms with Crippen molar-refractivity contribution in [1.29, 1.82) is 0 Å². The van der Waals surface area contributed by atoms with Crippen LogP contribution >= 0.6 is 0 Å². The molecule has 1 aliphatic rings. The molecule has 144 valence electrons. The smallest absolute Gasteiger partial charge is 0.235 e. The minimum absolute atomic E-state index is 0.137. The van der Waals surface area contributed by atoms with E-state index in [0.29, 0.717) is 5.95 Å². The molecule has 3 aromatic heterocycles. The lowest BCUT2D eigenvalue weighted by Gasteiger charge is -2.21. The molecule has 6 rings (SSSR count). The molecule has 2 aromatic carbocycles. The molecule has 0 fully saturated rings. The molecular weight excluding hydrogens is 368 g/mol. The van der Waals surface area contributed by atoms with E-state index < -0.39 is 0 Å². The van der Waals surface area contributed by atoms with E-state index in [1.165, 1.54) is 10.8 Å². The molecule has 0 N–H and O–H groups in total. The quantitative estimate of drug-likeness (QED) is 0.376. The van der Waals surface area contributed by atoms with Crippen molar-refractivity contribution in [3.63, 3.8) is 0 Å². The Kier molecular flexibility index (Phi) is 3.48. The van der Waals surface area contributed by atoms with Gasteiger partial charge in [0.15, 0.2) is 0 Å². The maximum atomic E-state index is 5.10. The lowest BCUT2D eigenvalue weighted by Crippen LogP contribution is -2.16. The summed E-state index contributed by atoms with van der Waals surface area (Å²) >= 11 is 0. The van der Waals surface area contributed by atoms with Crippen LogP contribution in [0.4, 0.5) is 0 Å². The molecule has 4 heteroatoms. The van der Waals surface area contributed by atoms with E-state index in [2.05, 4.69) is 84.1 Å². The zero-order valence-electron chi connectivity index (χ0n) is 16.9. The molecule has 0 atom stereocenters. The minimum atomic E-state index is -0.137. The lowest BCUT2D eigenvalue weighted by molar-refractivity contribution is 0.676. The van der Waals surface area contributed by atoms with Gasteiger partial charge in [0.25, 0.3) is 0 Å². The number of nitrogens with zero attached hydrogens (tertiary/aromatic N) is 4. The number of aromatic nitrogens is 4. The molecule has 4 nitrogen and oxygen atoms in total. The minimum Gasteiger partial charge on any atom is -0.278 e. The van der Waals surface area contributed by atoms with Gasteiger partial charge in [0.05, 0.1) is 28.1 Å². The number of rotatable bonds is 2. The highest BCUT2D eigenvalue weighted by Gasteiger charge is 2.32. The molecule has 0 saturated heterocycles. The first kappa shape index (κ1) is 17.1. The van der Waals surface area contributed by atoms with Crippen LogP contribution in [0.15, 0.2) is 79.0 Å². The van der Waals surface area contributed by atoms with Crippen LogP contribution in [-0.2, 0) is 5.41 Å². The molecule has 0 unspecified atom stereocenters. The summed E-state index contributed by atoms with van der Waals surface area (Å²) in [5.74, 6) is 0.675. The van der Waals surface area contributed by atoms with Crippen LogP contribution in [0.1, 0.15) is 25.1 Å². The van der Waals surface area contributed by atoms with Gasteiger partial charge in [-0.2, -0.15) is 0 Å². The second kappa shape index (κ2) is 6.10. The van der Waals surface area contributed by atoms with Crippen molar-refractivity contribution in [1.82, 2.24) is 19.5 Å². The van der Waals surface area contributed by atoms with Crippen molar-refractivity contribution in [2.75, 3.05) is 0 Å². The van der Waals surface area contributed by atoms with Gasteiger partial charge in [0.2, 0.25) is 5.95 Å². The molecule has 0 saturated carbocycles. The summed E-state index contributed by atoms with van der Waals surface area (Å²) in [6.07, 6.45) is 6.13. The molecular formula is C26H20N4. The fraction of sp³-hybridized carbons (Fsp3) is 0.115. The van der Waals surface area contributed by atoms with E-state index >= 15 is 0 Å². The van der Waals surface area contributed by atoms with E-state index in [9.17, 15) is 0 Å². The summed E-state index contributed by atoms with van der Waals surface area (Å²) in [7, 11) is 0. The van der Waals surface area contributed by atoms with Crippen molar-refractivity contribution in [2.24, 2.45) is 0 Å². The summed E-state index contributed by atoms with van der Waals surface area (Å²) in [5, 5.41) is 2.40. The highest BCUT2D eigenvalue weighted by atomic mass is 15.2. The summed E-state index contributed by atoms with van der Waals surface area (Å²) in [6.45, 7) is 4.40. The van der Waals surface area contributed by atoms with Gasteiger partial charge in [-0.15, -0.1) is 0 Å². The van der Waals surface area contributed by atoms with Crippen LogP contribution in [-0.4, -0.2) is 19.5 Å². The largest absolute Gasteiger partial charge is 0.278 e. The van der Waals surface area contributed by atoms with Gasteiger partial charge in [-0.25, -0.2) is 9.97 Å². The van der Waals surface area contributed by atoms with E-state index in [1.807, 2.05) is 24.4 Å². The molecule has 0 bridgehead atoms. The molecule has 0 radical (unpaired) electrons. The number of fused-ring (bicyclic) bond motifs is 4. The number of hydrogen-bond acceptors (Lipinski definition) is 3. The SMILES string of the molecule is CC1(C)C=Cc2nc(-n3c4ccccc4c4ccccc43)nc(-c3ccccn3)c21. The average Bonchev–Trinajstić information content (AvgIpc) is 3.28. The maximum absolute atomic E-state index is 5.10. The highest BCUT2D eigenvalue weighted by molar-refractivity contribution is 6.08. The van der Waals surface area contributed by atoms with Gasteiger partial charge in [0.1, 0.15) is 0 Å². The lowest BCUT2D eigenvalue weighted by atomic mass is 9.86. The number of benzene rings is 2. The second-order valence-electron chi connectivity index (χ2n) is 8.27. The Morgan fingerprint density at radius 3 is 2.10 bits per heavy atom. The Hall–Kier alpha value is -3.79. The molecule has 0 aliphatic heterocycles. The first-order valence-electron chi connectivity index (χ1n) is 10.2. The van der Waals surface area contributed by atoms with E-state index in [1.54, 1.807) is 0 Å². The van der Waals surface area contributed by atoms with Gasteiger partial charge in [-0.1, -0.05) is 62.4 Å². The van der Waals surface area contributed by atoms with Gasteiger partial charge in [0, 0.05) is 27.9 Å². The first-order valence-corrected chi connectivity index (χ1v) is 10.2. The fourth-order valence-corrected chi connectivity index (χ4v) is 4.52. The van der Waals surface area contributed by atoms with E-state index in [4.69, 9.17) is 9.97 Å². The standard InChI is InChI=1S/C26H20N4/c1-26(2)15-14-19-23(26)24(20-11-7-8-16-27-20)29-25(28-19)30-21-12-5-3-9-17(21)18-10-4-6-13-22(18)30/h3-16H,1-2H3. The van der Waals surface area contributed by atoms with E-state index in [-0.39, 0.29) is 5.41 Å². The number of para-hydroxylation sites is 2. The molecule has 1 aliphatic carbocycles. The maximum Gasteiger partial charge on any atom is 0.235 e. The zero-order chi connectivity index (χ0) is 20.3. The van der Waals surface area contributed by atoms with Gasteiger partial charge in [-0.05, 0) is 30.3 Å². The van der Waals surface area contributed by atoms with Crippen LogP contribution in [0, 0.1) is 0 Å². The third-order valence-corrected chi connectivity index (χ3v) is 5.91. The average molecular weight is 388 g/mol. The van der Waals surface area contributed by atoms with Crippen molar-refractivity contribution in [2.45, 2.75) is 19.3 Å². The summed E-state index contributed by atoms with van der Waals surface area (Å²) in [5.41, 5.74) is 5.93. The Morgan fingerprint density at radius 1 is 0.767 bits per heavy atom. The normalized spacial score (nSPS) is 14.5. The van der Waals surface area contributed by atoms with Crippen LogP contribution in [0.3, 0.4) is 0 Å². The van der Waals surface area contributed by atoms with Gasteiger partial charge >= 0.3 is 0 Å². The Bertz CT molecular complexity index is 1410. The van der Waals surface area contributed by atoms with Crippen LogP contribution in [0.5, 0.6) is 0 Å². The molecule has 30 heavy (non-hydrogen) atoms. The number of pyridine rings is 1. The molecule has 0 amide bonds.